The Morgan fingerprint density at radius 2 is 1.87 bits per heavy atom. The molecule has 0 bridgehead atoms. The molecule has 1 fully saturated rings. The van der Waals surface area contributed by atoms with Crippen LogP contribution in [0.5, 0.6) is 5.75 Å². The highest BCUT2D eigenvalue weighted by molar-refractivity contribution is 14.0. The lowest BCUT2D eigenvalue weighted by Gasteiger charge is -2.26. The van der Waals surface area contributed by atoms with Crippen molar-refractivity contribution in [1.82, 2.24) is 15.5 Å². The number of benzene rings is 2. The molecule has 7 heteroatoms. The summed E-state index contributed by atoms with van der Waals surface area (Å²) in [4.78, 5) is 6.72. The zero-order chi connectivity index (χ0) is 21.0. The van der Waals surface area contributed by atoms with Crippen molar-refractivity contribution in [3.8, 4) is 5.75 Å². The fraction of sp³-hybridized carbons (Fsp3) is 0.458. The minimum absolute atomic E-state index is 0. The molecule has 1 saturated heterocycles. The zero-order valence-corrected chi connectivity index (χ0v) is 20.9. The molecule has 0 radical (unpaired) electrons. The summed E-state index contributed by atoms with van der Waals surface area (Å²) in [5.41, 5.74) is 2.49. The number of guanidine groups is 1. The van der Waals surface area contributed by atoms with Crippen molar-refractivity contribution < 1.29 is 9.47 Å². The SMILES string of the molecule is CN=C(NCc1cccc(OCCN2CCOCC2)c1)NCC(C)c1ccccc1.I. The Bertz CT molecular complexity index is 782. The van der Waals surface area contributed by atoms with Crippen LogP contribution < -0.4 is 15.4 Å². The van der Waals surface area contributed by atoms with Crippen molar-refractivity contribution >= 4 is 29.9 Å². The summed E-state index contributed by atoms with van der Waals surface area (Å²) in [6.45, 7) is 8.98. The normalized spacial score (nSPS) is 15.6. The van der Waals surface area contributed by atoms with Crippen LogP contribution in [0.4, 0.5) is 0 Å². The van der Waals surface area contributed by atoms with Crippen LogP contribution in [-0.2, 0) is 11.3 Å². The molecule has 2 aromatic carbocycles. The molecule has 1 heterocycles. The number of nitrogens with one attached hydrogen (secondary N) is 2. The van der Waals surface area contributed by atoms with Crippen LogP contribution in [0.25, 0.3) is 0 Å². The van der Waals surface area contributed by atoms with E-state index in [2.05, 4.69) is 63.8 Å². The molecule has 1 aliphatic rings. The standard InChI is InChI=1S/C24H34N4O2.HI/c1-20(22-8-4-3-5-9-22)18-26-24(25-2)27-19-21-7-6-10-23(17-21)30-16-13-28-11-14-29-15-12-28;/h3-10,17,20H,11-16,18-19H2,1-2H3,(H2,25,26,27);1H. The Hall–Kier alpha value is -1.84. The van der Waals surface area contributed by atoms with Crippen LogP contribution in [0.15, 0.2) is 59.6 Å². The lowest BCUT2D eigenvalue weighted by Crippen LogP contribution is -2.38. The smallest absolute Gasteiger partial charge is 0.191 e. The predicted molar refractivity (Wildman–Crippen MR) is 138 cm³/mol. The van der Waals surface area contributed by atoms with Crippen LogP contribution in [0, 0.1) is 0 Å². The molecule has 2 aromatic rings. The average molecular weight is 538 g/mol. The number of morpholine rings is 1. The van der Waals surface area contributed by atoms with E-state index in [4.69, 9.17) is 9.47 Å². The molecule has 0 saturated carbocycles. The number of hydrogen-bond donors (Lipinski definition) is 2. The second-order valence-electron chi connectivity index (χ2n) is 7.57. The maximum absolute atomic E-state index is 5.95. The van der Waals surface area contributed by atoms with Crippen LogP contribution in [-0.4, -0.2) is 63.9 Å². The average Bonchev–Trinajstić information content (AvgIpc) is 2.80. The molecule has 170 valence electrons. The fourth-order valence-electron chi connectivity index (χ4n) is 3.42. The molecule has 0 amide bonds. The van der Waals surface area contributed by atoms with Crippen molar-refractivity contribution in [2.24, 2.45) is 4.99 Å². The topological polar surface area (TPSA) is 58.1 Å². The number of rotatable bonds is 9. The Morgan fingerprint density at radius 1 is 1.10 bits per heavy atom. The van der Waals surface area contributed by atoms with E-state index in [1.165, 1.54) is 5.56 Å². The van der Waals surface area contributed by atoms with Crippen molar-refractivity contribution in [3.63, 3.8) is 0 Å². The molecular formula is C24H35IN4O2. The number of halogens is 1. The van der Waals surface area contributed by atoms with Crippen molar-refractivity contribution in [1.29, 1.82) is 0 Å². The minimum atomic E-state index is 0. The Morgan fingerprint density at radius 3 is 2.61 bits per heavy atom. The molecule has 1 aliphatic heterocycles. The zero-order valence-electron chi connectivity index (χ0n) is 18.5. The summed E-state index contributed by atoms with van der Waals surface area (Å²) in [7, 11) is 1.80. The minimum Gasteiger partial charge on any atom is -0.492 e. The number of aliphatic imine (C=N–C) groups is 1. The highest BCUT2D eigenvalue weighted by Crippen LogP contribution is 2.14. The van der Waals surface area contributed by atoms with Gasteiger partial charge in [0.05, 0.1) is 13.2 Å². The van der Waals surface area contributed by atoms with Gasteiger partial charge in [-0.2, -0.15) is 0 Å². The van der Waals surface area contributed by atoms with E-state index in [0.717, 1.165) is 56.7 Å². The van der Waals surface area contributed by atoms with Gasteiger partial charge in [-0.15, -0.1) is 24.0 Å². The van der Waals surface area contributed by atoms with Gasteiger partial charge >= 0.3 is 0 Å². The Labute approximate surface area is 203 Å². The van der Waals surface area contributed by atoms with Gasteiger partial charge in [-0.3, -0.25) is 9.89 Å². The van der Waals surface area contributed by atoms with E-state index in [1.54, 1.807) is 7.05 Å². The highest BCUT2D eigenvalue weighted by Gasteiger charge is 2.10. The lowest BCUT2D eigenvalue weighted by atomic mass is 10.0. The van der Waals surface area contributed by atoms with Gasteiger partial charge in [-0.25, -0.2) is 0 Å². The molecule has 6 nitrogen and oxygen atoms in total. The first-order valence-corrected chi connectivity index (χ1v) is 10.8. The largest absolute Gasteiger partial charge is 0.492 e. The van der Waals surface area contributed by atoms with E-state index in [9.17, 15) is 0 Å². The van der Waals surface area contributed by atoms with Gasteiger partial charge in [0.2, 0.25) is 0 Å². The van der Waals surface area contributed by atoms with E-state index in [0.29, 0.717) is 19.1 Å². The maximum Gasteiger partial charge on any atom is 0.191 e. The van der Waals surface area contributed by atoms with Crippen molar-refractivity contribution in [3.05, 3.63) is 65.7 Å². The Kier molecular flexibility index (Phi) is 11.7. The second-order valence-corrected chi connectivity index (χ2v) is 7.57. The first kappa shape index (κ1) is 25.4. The van der Waals surface area contributed by atoms with Crippen molar-refractivity contribution in [2.75, 3.05) is 53.0 Å². The maximum atomic E-state index is 5.95. The quantitative estimate of drug-likeness (QED) is 0.291. The molecule has 31 heavy (non-hydrogen) atoms. The number of ether oxygens (including phenoxy) is 2. The first-order chi connectivity index (χ1) is 14.7. The molecule has 0 aliphatic carbocycles. The molecule has 1 atom stereocenters. The lowest BCUT2D eigenvalue weighted by molar-refractivity contribution is 0.0322. The van der Waals surface area contributed by atoms with Crippen LogP contribution in [0.3, 0.4) is 0 Å². The van der Waals surface area contributed by atoms with Gasteiger partial charge in [0.15, 0.2) is 5.96 Å². The summed E-state index contributed by atoms with van der Waals surface area (Å²) in [5, 5.41) is 6.80. The summed E-state index contributed by atoms with van der Waals surface area (Å²) in [5.74, 6) is 2.12. The van der Waals surface area contributed by atoms with Crippen LogP contribution >= 0.6 is 24.0 Å². The first-order valence-electron chi connectivity index (χ1n) is 10.8. The van der Waals surface area contributed by atoms with E-state index < -0.39 is 0 Å². The molecule has 0 aromatic heterocycles. The second kappa shape index (κ2) is 14.3. The third kappa shape index (κ3) is 9.04. The summed E-state index contributed by atoms with van der Waals surface area (Å²) in [6.07, 6.45) is 0. The molecule has 2 N–H and O–H groups in total. The number of hydrogen-bond acceptors (Lipinski definition) is 4. The van der Waals surface area contributed by atoms with Gasteiger partial charge in [0.1, 0.15) is 12.4 Å². The van der Waals surface area contributed by atoms with Gasteiger partial charge in [0.25, 0.3) is 0 Å². The number of nitrogens with zero attached hydrogens (tertiary/aromatic N) is 2. The summed E-state index contributed by atoms with van der Waals surface area (Å²) < 4.78 is 11.3. The molecule has 3 rings (SSSR count). The third-order valence-electron chi connectivity index (χ3n) is 5.31. The monoisotopic (exact) mass is 538 g/mol. The van der Waals surface area contributed by atoms with E-state index >= 15 is 0 Å². The summed E-state index contributed by atoms with van der Waals surface area (Å²) in [6, 6.07) is 18.8. The van der Waals surface area contributed by atoms with Crippen LogP contribution in [0.1, 0.15) is 24.0 Å². The van der Waals surface area contributed by atoms with E-state index in [1.807, 2.05) is 18.2 Å². The highest BCUT2D eigenvalue weighted by atomic mass is 127. The predicted octanol–water partition coefficient (Wildman–Crippen LogP) is 3.48. The van der Waals surface area contributed by atoms with E-state index in [-0.39, 0.29) is 24.0 Å². The van der Waals surface area contributed by atoms with Gasteiger partial charge in [0, 0.05) is 39.8 Å². The van der Waals surface area contributed by atoms with Gasteiger partial charge < -0.3 is 20.1 Å². The fourth-order valence-corrected chi connectivity index (χ4v) is 3.42. The molecule has 1 unspecified atom stereocenters. The Balaban J connectivity index is 0.00000341. The summed E-state index contributed by atoms with van der Waals surface area (Å²) >= 11 is 0. The van der Waals surface area contributed by atoms with Gasteiger partial charge in [-0.1, -0.05) is 49.4 Å². The van der Waals surface area contributed by atoms with Gasteiger partial charge in [-0.05, 0) is 29.2 Å². The molecular weight excluding hydrogens is 503 g/mol. The third-order valence-corrected chi connectivity index (χ3v) is 5.31. The molecule has 0 spiro atoms. The van der Waals surface area contributed by atoms with Crippen LogP contribution in [0.2, 0.25) is 0 Å². The van der Waals surface area contributed by atoms with Crippen molar-refractivity contribution in [2.45, 2.75) is 19.4 Å².